The van der Waals surface area contributed by atoms with Crippen molar-refractivity contribution in [3.8, 4) is 23.0 Å². The van der Waals surface area contributed by atoms with Gasteiger partial charge in [0.15, 0.2) is 0 Å². The number of benzene rings is 3. The summed E-state index contributed by atoms with van der Waals surface area (Å²) in [6, 6.07) is 19.2. The predicted molar refractivity (Wildman–Crippen MR) is 147 cm³/mol. The smallest absolute Gasteiger partial charge is 0.335 e. The molecule has 186 valence electrons. The zero-order chi connectivity index (χ0) is 26.3. The fraction of sp³-hybridized carbons (Fsp3) is 0.344. The third kappa shape index (κ3) is 5.03. The normalized spacial score (nSPS) is 16.3. The largest absolute Gasteiger partial charge is 0.478 e. The Balaban J connectivity index is 1.82. The molecule has 4 nitrogen and oxygen atoms in total. The molecule has 1 aliphatic rings. The topological polar surface area (TPSA) is 60.8 Å². The number of aliphatic hydroxyl groups excluding tert-OH is 1. The van der Waals surface area contributed by atoms with Crippen LogP contribution in [0.2, 0.25) is 0 Å². The number of hydrogen-bond donors (Lipinski definition) is 2. The first-order valence-corrected chi connectivity index (χ1v) is 12.4. The maximum Gasteiger partial charge on any atom is 0.335 e. The van der Waals surface area contributed by atoms with Crippen LogP contribution >= 0.6 is 0 Å². The molecular formula is C32H35NO3. The van der Waals surface area contributed by atoms with Gasteiger partial charge in [-0.1, -0.05) is 57.7 Å². The molecule has 0 bridgehead atoms. The van der Waals surface area contributed by atoms with Crippen LogP contribution in [0.4, 0.5) is 5.69 Å². The second kappa shape index (κ2) is 9.48. The van der Waals surface area contributed by atoms with E-state index in [0.29, 0.717) is 5.56 Å². The quantitative estimate of drug-likeness (QED) is 0.415. The third-order valence-electron chi connectivity index (χ3n) is 7.44. The standard InChI is InChI=1S/C32H35NO3/c1-31(2)17-18-32(3,4)29-26(22-12-14-25(15-13-22)33(5)6)19-24(20-27(29)31)28(34)16-9-21-7-10-23(11-8-21)30(35)36/h7-8,10-15,19-20,28,34H,17-18H2,1-6H3,(H,35,36). The van der Waals surface area contributed by atoms with Crippen molar-refractivity contribution in [2.75, 3.05) is 19.0 Å². The van der Waals surface area contributed by atoms with Crippen LogP contribution < -0.4 is 4.90 Å². The number of rotatable bonds is 4. The summed E-state index contributed by atoms with van der Waals surface area (Å²) in [6.07, 6.45) is 1.21. The van der Waals surface area contributed by atoms with Crippen LogP contribution in [0.3, 0.4) is 0 Å². The molecule has 0 saturated heterocycles. The van der Waals surface area contributed by atoms with Crippen molar-refractivity contribution in [1.29, 1.82) is 0 Å². The minimum Gasteiger partial charge on any atom is -0.478 e. The van der Waals surface area contributed by atoms with Crippen LogP contribution in [-0.4, -0.2) is 30.3 Å². The molecule has 0 heterocycles. The lowest BCUT2D eigenvalue weighted by molar-refractivity contribution is 0.0697. The maximum absolute atomic E-state index is 11.1. The highest BCUT2D eigenvalue weighted by atomic mass is 16.4. The molecule has 0 aromatic heterocycles. The van der Waals surface area contributed by atoms with Crippen molar-refractivity contribution in [2.24, 2.45) is 0 Å². The highest BCUT2D eigenvalue weighted by molar-refractivity contribution is 5.87. The van der Waals surface area contributed by atoms with Crippen molar-refractivity contribution in [1.82, 2.24) is 0 Å². The Morgan fingerprint density at radius 2 is 1.53 bits per heavy atom. The maximum atomic E-state index is 11.1. The molecule has 2 N–H and O–H groups in total. The molecule has 3 aromatic rings. The van der Waals surface area contributed by atoms with Gasteiger partial charge in [-0.15, -0.1) is 0 Å². The number of carboxylic acids is 1. The molecule has 0 radical (unpaired) electrons. The first-order chi connectivity index (χ1) is 16.9. The van der Waals surface area contributed by atoms with E-state index >= 15 is 0 Å². The molecule has 0 amide bonds. The van der Waals surface area contributed by atoms with Crippen LogP contribution in [0.1, 0.15) is 79.3 Å². The van der Waals surface area contributed by atoms with E-state index in [9.17, 15) is 9.90 Å². The van der Waals surface area contributed by atoms with E-state index in [2.05, 4.69) is 80.8 Å². The number of aromatic carboxylic acids is 1. The van der Waals surface area contributed by atoms with Crippen LogP contribution in [0, 0.1) is 11.8 Å². The SMILES string of the molecule is CN(C)c1ccc(-c2cc(C(O)C#Cc3ccc(C(=O)O)cc3)cc3c2C(C)(C)CCC3(C)C)cc1. The fourth-order valence-corrected chi connectivity index (χ4v) is 5.07. The summed E-state index contributed by atoms with van der Waals surface area (Å²) in [5, 5.41) is 20.2. The summed E-state index contributed by atoms with van der Waals surface area (Å²) in [5.41, 5.74) is 7.71. The Hall–Kier alpha value is -3.55. The minimum atomic E-state index is -0.972. The molecule has 1 atom stereocenters. The van der Waals surface area contributed by atoms with Crippen LogP contribution in [-0.2, 0) is 10.8 Å². The number of carboxylic acid groups (broad SMARTS) is 1. The van der Waals surface area contributed by atoms with Crippen LogP contribution in [0.5, 0.6) is 0 Å². The van der Waals surface area contributed by atoms with Gasteiger partial charge in [-0.3, -0.25) is 0 Å². The van der Waals surface area contributed by atoms with Gasteiger partial charge in [0.1, 0.15) is 6.10 Å². The second-order valence-corrected chi connectivity index (χ2v) is 11.3. The van der Waals surface area contributed by atoms with E-state index in [4.69, 9.17) is 5.11 Å². The summed E-state index contributed by atoms with van der Waals surface area (Å²) in [4.78, 5) is 13.2. The number of anilines is 1. The molecular weight excluding hydrogens is 446 g/mol. The van der Waals surface area contributed by atoms with Crippen LogP contribution in [0.15, 0.2) is 60.7 Å². The molecule has 3 aromatic carbocycles. The number of nitrogens with zero attached hydrogens (tertiary/aromatic N) is 1. The van der Waals surface area contributed by atoms with E-state index in [1.165, 1.54) is 23.3 Å². The van der Waals surface area contributed by atoms with Crippen molar-refractivity contribution in [2.45, 2.75) is 57.5 Å². The van der Waals surface area contributed by atoms with Crippen LogP contribution in [0.25, 0.3) is 11.1 Å². The molecule has 4 heteroatoms. The van der Waals surface area contributed by atoms with Gasteiger partial charge >= 0.3 is 5.97 Å². The first kappa shape index (κ1) is 25.5. The van der Waals surface area contributed by atoms with E-state index in [1.807, 2.05) is 14.1 Å². The molecule has 36 heavy (non-hydrogen) atoms. The van der Waals surface area contributed by atoms with Gasteiger partial charge in [-0.05, 0) is 94.0 Å². The highest BCUT2D eigenvalue weighted by Crippen LogP contribution is 2.50. The Morgan fingerprint density at radius 3 is 2.11 bits per heavy atom. The summed E-state index contributed by atoms with van der Waals surface area (Å²) >= 11 is 0. The third-order valence-corrected chi connectivity index (χ3v) is 7.44. The molecule has 0 saturated carbocycles. The lowest BCUT2D eigenvalue weighted by atomic mass is 9.61. The summed E-state index contributed by atoms with van der Waals surface area (Å²) in [7, 11) is 4.07. The number of fused-ring (bicyclic) bond motifs is 1. The Kier molecular flexibility index (Phi) is 6.73. The Bertz CT molecular complexity index is 1340. The summed E-state index contributed by atoms with van der Waals surface area (Å²) in [5.74, 6) is 5.01. The van der Waals surface area contributed by atoms with E-state index < -0.39 is 12.1 Å². The number of hydrogen-bond acceptors (Lipinski definition) is 3. The van der Waals surface area contributed by atoms with E-state index in [1.54, 1.807) is 12.1 Å². The van der Waals surface area contributed by atoms with Gasteiger partial charge in [-0.25, -0.2) is 4.79 Å². The van der Waals surface area contributed by atoms with Gasteiger partial charge in [-0.2, -0.15) is 0 Å². The van der Waals surface area contributed by atoms with Gasteiger partial charge in [0, 0.05) is 25.3 Å². The highest BCUT2D eigenvalue weighted by Gasteiger charge is 2.39. The molecule has 1 unspecified atom stereocenters. The summed E-state index contributed by atoms with van der Waals surface area (Å²) < 4.78 is 0. The Labute approximate surface area is 214 Å². The van der Waals surface area contributed by atoms with Gasteiger partial charge in [0.2, 0.25) is 0 Å². The van der Waals surface area contributed by atoms with Crippen molar-refractivity contribution >= 4 is 11.7 Å². The molecule has 1 aliphatic carbocycles. The Morgan fingerprint density at radius 1 is 0.917 bits per heavy atom. The average molecular weight is 482 g/mol. The molecule has 0 spiro atoms. The van der Waals surface area contributed by atoms with E-state index in [-0.39, 0.29) is 16.4 Å². The first-order valence-electron chi connectivity index (χ1n) is 12.4. The zero-order valence-electron chi connectivity index (χ0n) is 22.0. The monoisotopic (exact) mass is 481 g/mol. The van der Waals surface area contributed by atoms with Crippen molar-refractivity contribution in [3.63, 3.8) is 0 Å². The summed E-state index contributed by atoms with van der Waals surface area (Å²) in [6.45, 7) is 9.20. The van der Waals surface area contributed by atoms with E-state index in [0.717, 1.165) is 35.2 Å². The molecule has 0 fully saturated rings. The van der Waals surface area contributed by atoms with Gasteiger partial charge < -0.3 is 15.1 Å². The van der Waals surface area contributed by atoms with Gasteiger partial charge in [0.05, 0.1) is 5.56 Å². The average Bonchev–Trinajstić information content (AvgIpc) is 2.85. The lowest BCUT2D eigenvalue weighted by Gasteiger charge is -2.43. The second-order valence-electron chi connectivity index (χ2n) is 11.3. The number of aliphatic hydroxyl groups is 1. The fourth-order valence-electron chi connectivity index (χ4n) is 5.07. The molecule has 0 aliphatic heterocycles. The lowest BCUT2D eigenvalue weighted by Crippen LogP contribution is -2.34. The van der Waals surface area contributed by atoms with Crippen molar-refractivity contribution in [3.05, 3.63) is 88.5 Å². The predicted octanol–water partition coefficient (Wildman–Crippen LogP) is 6.55. The number of carbonyl (C=O) groups is 1. The zero-order valence-corrected chi connectivity index (χ0v) is 22.0. The van der Waals surface area contributed by atoms with Gasteiger partial charge in [0.25, 0.3) is 0 Å². The van der Waals surface area contributed by atoms with Crippen molar-refractivity contribution < 1.29 is 15.0 Å². The molecule has 4 rings (SSSR count). The minimum absolute atomic E-state index is 0.0149.